The van der Waals surface area contributed by atoms with Crippen LogP contribution in [0.3, 0.4) is 0 Å². The van der Waals surface area contributed by atoms with Crippen LogP contribution in [0, 0.1) is 5.82 Å². The Morgan fingerprint density at radius 2 is 1.77 bits per heavy atom. The van der Waals surface area contributed by atoms with Gasteiger partial charge in [-0.25, -0.2) is 22.3 Å². The van der Waals surface area contributed by atoms with Crippen molar-refractivity contribution in [1.82, 2.24) is 10.0 Å². The van der Waals surface area contributed by atoms with Crippen molar-refractivity contribution in [2.75, 3.05) is 0 Å². The third kappa shape index (κ3) is 5.64. The molecular weight excluding hydrogens is 411 g/mol. The number of carbonyl (C=O) groups is 2. The van der Waals surface area contributed by atoms with Gasteiger partial charge in [-0.2, -0.15) is 0 Å². The standard InChI is InChI=1S/C21H23FN2O5S/c1-13(15-6-8-17(22)9-7-15)23-20(25)14(2)29-21(26)16-4-3-5-19(12-16)30(27,28)24-18-10-11-18/h3-9,12-14,18,24H,10-11H2,1-2H3,(H,23,25). The molecule has 2 aromatic carbocycles. The number of benzene rings is 2. The molecule has 1 saturated carbocycles. The van der Waals surface area contributed by atoms with Crippen LogP contribution in [-0.2, 0) is 19.6 Å². The summed E-state index contributed by atoms with van der Waals surface area (Å²) in [6.07, 6.45) is 0.485. The van der Waals surface area contributed by atoms with E-state index < -0.39 is 34.0 Å². The second kappa shape index (κ2) is 8.93. The molecule has 2 N–H and O–H groups in total. The van der Waals surface area contributed by atoms with Crippen molar-refractivity contribution >= 4 is 21.9 Å². The minimum atomic E-state index is -3.71. The van der Waals surface area contributed by atoms with Crippen LogP contribution >= 0.6 is 0 Å². The summed E-state index contributed by atoms with van der Waals surface area (Å²) in [6, 6.07) is 10.7. The molecule has 2 atom stereocenters. The van der Waals surface area contributed by atoms with E-state index in [1.165, 1.54) is 43.3 Å². The smallest absolute Gasteiger partial charge is 0.338 e. The average molecular weight is 434 g/mol. The van der Waals surface area contributed by atoms with E-state index in [9.17, 15) is 22.4 Å². The van der Waals surface area contributed by atoms with Gasteiger partial charge >= 0.3 is 5.97 Å². The Bertz CT molecular complexity index is 1040. The van der Waals surface area contributed by atoms with E-state index in [0.717, 1.165) is 12.8 Å². The van der Waals surface area contributed by atoms with Gasteiger partial charge in [-0.1, -0.05) is 18.2 Å². The predicted molar refractivity (Wildman–Crippen MR) is 108 cm³/mol. The largest absolute Gasteiger partial charge is 0.449 e. The van der Waals surface area contributed by atoms with E-state index in [2.05, 4.69) is 10.0 Å². The minimum absolute atomic E-state index is 0.0277. The third-order valence-electron chi connectivity index (χ3n) is 4.66. The van der Waals surface area contributed by atoms with Crippen LogP contribution in [0.4, 0.5) is 4.39 Å². The molecule has 3 rings (SSSR count). The number of ether oxygens (including phenoxy) is 1. The quantitative estimate of drug-likeness (QED) is 0.622. The third-order valence-corrected chi connectivity index (χ3v) is 6.18. The lowest BCUT2D eigenvalue weighted by Crippen LogP contribution is -2.37. The number of rotatable bonds is 8. The lowest BCUT2D eigenvalue weighted by molar-refractivity contribution is -0.129. The number of sulfonamides is 1. The Morgan fingerprint density at radius 3 is 2.40 bits per heavy atom. The van der Waals surface area contributed by atoms with E-state index in [4.69, 9.17) is 4.74 Å². The van der Waals surface area contributed by atoms with Gasteiger partial charge in [-0.3, -0.25) is 4.79 Å². The first-order chi connectivity index (χ1) is 14.2. The van der Waals surface area contributed by atoms with Crippen molar-refractivity contribution in [3.63, 3.8) is 0 Å². The van der Waals surface area contributed by atoms with Crippen molar-refractivity contribution < 1.29 is 27.1 Å². The van der Waals surface area contributed by atoms with Gasteiger partial charge in [0.1, 0.15) is 5.82 Å². The maximum absolute atomic E-state index is 13.0. The van der Waals surface area contributed by atoms with Crippen molar-refractivity contribution in [3.8, 4) is 0 Å². The Balaban J connectivity index is 1.61. The molecule has 0 spiro atoms. The molecule has 160 valence electrons. The highest BCUT2D eigenvalue weighted by Crippen LogP contribution is 2.22. The Morgan fingerprint density at radius 1 is 1.10 bits per heavy atom. The number of halogens is 1. The van der Waals surface area contributed by atoms with E-state index in [1.807, 2.05) is 0 Å². The normalized spacial score (nSPS) is 15.8. The number of hydrogen-bond donors (Lipinski definition) is 2. The fourth-order valence-electron chi connectivity index (χ4n) is 2.73. The highest BCUT2D eigenvalue weighted by Gasteiger charge is 2.28. The van der Waals surface area contributed by atoms with Crippen LogP contribution in [-0.4, -0.2) is 32.4 Å². The van der Waals surface area contributed by atoms with Gasteiger partial charge in [0.2, 0.25) is 10.0 Å². The lowest BCUT2D eigenvalue weighted by atomic mass is 10.1. The fourth-order valence-corrected chi connectivity index (χ4v) is 4.08. The summed E-state index contributed by atoms with van der Waals surface area (Å²) in [5.41, 5.74) is 0.726. The van der Waals surface area contributed by atoms with Crippen LogP contribution in [0.25, 0.3) is 0 Å². The number of hydrogen-bond acceptors (Lipinski definition) is 5. The molecule has 2 aromatic rings. The first kappa shape index (κ1) is 21.9. The Labute approximate surface area is 174 Å². The second-order valence-electron chi connectivity index (χ2n) is 7.25. The molecule has 1 aliphatic carbocycles. The summed E-state index contributed by atoms with van der Waals surface area (Å²) in [7, 11) is -3.71. The molecule has 2 unspecified atom stereocenters. The fraction of sp³-hybridized carbons (Fsp3) is 0.333. The van der Waals surface area contributed by atoms with Gasteiger partial charge in [0.25, 0.3) is 5.91 Å². The number of amides is 1. The molecule has 0 bridgehead atoms. The molecule has 9 heteroatoms. The summed E-state index contributed by atoms with van der Waals surface area (Å²) < 4.78 is 45.4. The zero-order valence-corrected chi connectivity index (χ0v) is 17.4. The average Bonchev–Trinajstić information content (AvgIpc) is 3.51. The predicted octanol–water partition coefficient (Wildman–Crippen LogP) is 2.69. The summed E-state index contributed by atoms with van der Waals surface area (Å²) >= 11 is 0. The molecule has 0 heterocycles. The molecule has 30 heavy (non-hydrogen) atoms. The number of esters is 1. The van der Waals surface area contributed by atoms with Crippen molar-refractivity contribution in [3.05, 3.63) is 65.5 Å². The van der Waals surface area contributed by atoms with Crippen molar-refractivity contribution in [1.29, 1.82) is 0 Å². The maximum atomic E-state index is 13.0. The molecule has 0 aliphatic heterocycles. The highest BCUT2D eigenvalue weighted by molar-refractivity contribution is 7.89. The van der Waals surface area contributed by atoms with E-state index >= 15 is 0 Å². The molecule has 1 amide bonds. The van der Waals surface area contributed by atoms with Crippen LogP contribution in [0.2, 0.25) is 0 Å². The number of carbonyl (C=O) groups excluding carboxylic acids is 2. The molecule has 1 fully saturated rings. The van der Waals surface area contributed by atoms with Gasteiger partial charge < -0.3 is 10.1 Å². The molecule has 1 aliphatic rings. The van der Waals surface area contributed by atoms with Crippen LogP contribution in [0.5, 0.6) is 0 Å². The van der Waals surface area contributed by atoms with Crippen LogP contribution < -0.4 is 10.0 Å². The van der Waals surface area contributed by atoms with Gasteiger partial charge in [0, 0.05) is 6.04 Å². The zero-order chi connectivity index (χ0) is 21.9. The number of nitrogens with one attached hydrogen (secondary N) is 2. The van der Waals surface area contributed by atoms with Crippen LogP contribution in [0.15, 0.2) is 53.4 Å². The topological polar surface area (TPSA) is 102 Å². The first-order valence-corrected chi connectivity index (χ1v) is 11.0. The maximum Gasteiger partial charge on any atom is 0.338 e. The Hall–Kier alpha value is -2.78. The van der Waals surface area contributed by atoms with Gasteiger partial charge in [-0.15, -0.1) is 0 Å². The van der Waals surface area contributed by atoms with E-state index in [-0.39, 0.29) is 22.3 Å². The monoisotopic (exact) mass is 434 g/mol. The summed E-state index contributed by atoms with van der Waals surface area (Å²) in [4.78, 5) is 24.7. The molecule has 0 radical (unpaired) electrons. The van der Waals surface area contributed by atoms with Gasteiger partial charge in [0.05, 0.1) is 16.5 Å². The summed E-state index contributed by atoms with van der Waals surface area (Å²) in [6.45, 7) is 3.14. The van der Waals surface area contributed by atoms with E-state index in [1.54, 1.807) is 19.1 Å². The summed E-state index contributed by atoms with van der Waals surface area (Å²) in [5, 5.41) is 2.69. The molecule has 0 aromatic heterocycles. The van der Waals surface area contributed by atoms with Gasteiger partial charge in [-0.05, 0) is 62.6 Å². The summed E-state index contributed by atoms with van der Waals surface area (Å²) in [5.74, 6) is -1.72. The first-order valence-electron chi connectivity index (χ1n) is 9.55. The minimum Gasteiger partial charge on any atom is -0.449 e. The highest BCUT2D eigenvalue weighted by atomic mass is 32.2. The Kier molecular flexibility index (Phi) is 6.52. The zero-order valence-electron chi connectivity index (χ0n) is 16.6. The van der Waals surface area contributed by atoms with Crippen molar-refractivity contribution in [2.45, 2.75) is 49.8 Å². The van der Waals surface area contributed by atoms with Crippen LogP contribution in [0.1, 0.15) is 48.7 Å². The molecule has 0 saturated heterocycles. The lowest BCUT2D eigenvalue weighted by Gasteiger charge is -2.18. The van der Waals surface area contributed by atoms with Gasteiger partial charge in [0.15, 0.2) is 6.10 Å². The SMILES string of the molecule is CC(OC(=O)c1cccc(S(=O)(=O)NC2CC2)c1)C(=O)NC(C)c1ccc(F)cc1. The van der Waals surface area contributed by atoms with Crippen molar-refractivity contribution in [2.24, 2.45) is 0 Å². The molecule has 7 nitrogen and oxygen atoms in total. The second-order valence-corrected chi connectivity index (χ2v) is 8.97. The molecular formula is C21H23FN2O5S. The van der Waals surface area contributed by atoms with E-state index in [0.29, 0.717) is 5.56 Å².